The number of hydrogen-bond donors (Lipinski definition) is 3. The van der Waals surface area contributed by atoms with Crippen LogP contribution in [-0.2, 0) is 14.9 Å². The third kappa shape index (κ3) is 8.41. The van der Waals surface area contributed by atoms with Crippen LogP contribution >= 0.6 is 11.6 Å². The molecule has 45 heavy (non-hydrogen) atoms. The van der Waals surface area contributed by atoms with Crippen LogP contribution in [-0.4, -0.2) is 66.0 Å². The minimum Gasteiger partial charge on any atom is -0.489 e. The number of halogens is 1. The van der Waals surface area contributed by atoms with Crippen molar-refractivity contribution < 1.29 is 23.8 Å². The normalized spacial score (nSPS) is 12.2. The number of ether oxygens (including phenoxy) is 3. The van der Waals surface area contributed by atoms with Crippen molar-refractivity contribution in [3.63, 3.8) is 0 Å². The first kappa shape index (κ1) is 33.5. The van der Waals surface area contributed by atoms with Gasteiger partial charge in [0, 0.05) is 49.2 Å². The van der Waals surface area contributed by atoms with Gasteiger partial charge in [-0.05, 0) is 45.3 Å². The summed E-state index contributed by atoms with van der Waals surface area (Å²) < 4.78 is 18.8. The fourth-order valence-electron chi connectivity index (χ4n) is 4.29. The number of fused-ring (bicyclic) bond motifs is 1. The van der Waals surface area contributed by atoms with Gasteiger partial charge in [-0.3, -0.25) is 20.0 Å². The average molecular weight is 638 g/mol. The molecule has 2 heterocycles. The third-order valence-electron chi connectivity index (χ3n) is 6.92. The lowest BCUT2D eigenvalue weighted by Crippen LogP contribution is -2.28. The highest BCUT2D eigenvalue weighted by atomic mass is 35.5. The number of urea groups is 1. The molecule has 4 aromatic rings. The summed E-state index contributed by atoms with van der Waals surface area (Å²) in [6.07, 6.45) is 1.52. The first-order valence-corrected chi connectivity index (χ1v) is 14.8. The van der Waals surface area contributed by atoms with Gasteiger partial charge >= 0.3 is 6.03 Å². The number of anilines is 3. The molecule has 2 aromatic heterocycles. The average Bonchev–Trinajstić information content (AvgIpc) is 3.38. The van der Waals surface area contributed by atoms with E-state index < -0.39 is 6.03 Å². The van der Waals surface area contributed by atoms with Gasteiger partial charge in [-0.2, -0.15) is 5.10 Å². The molecule has 3 amide bonds. The zero-order valence-electron chi connectivity index (χ0n) is 26.8. The Morgan fingerprint density at radius 1 is 1.00 bits per heavy atom. The maximum absolute atomic E-state index is 13.1. The number of carbonyl (C=O) groups excluding carboxylic acids is 2. The molecule has 0 bridgehead atoms. The molecule has 0 aliphatic carbocycles. The topological polar surface area (TPSA) is 132 Å². The molecule has 0 fully saturated rings. The Balaban J connectivity index is 1.54. The van der Waals surface area contributed by atoms with Crippen molar-refractivity contribution in [2.75, 3.05) is 50.4 Å². The van der Waals surface area contributed by atoms with E-state index in [0.29, 0.717) is 58.6 Å². The number of nitrogens with zero attached hydrogens (tertiary/aromatic N) is 4. The smallest absolute Gasteiger partial charge is 0.324 e. The van der Waals surface area contributed by atoms with Crippen molar-refractivity contribution >= 4 is 51.6 Å². The highest BCUT2D eigenvalue weighted by Gasteiger charge is 2.24. The van der Waals surface area contributed by atoms with Gasteiger partial charge < -0.3 is 24.8 Å². The monoisotopic (exact) mass is 637 g/mol. The zero-order valence-corrected chi connectivity index (χ0v) is 27.6. The van der Waals surface area contributed by atoms with Gasteiger partial charge in [0.2, 0.25) is 5.91 Å². The van der Waals surface area contributed by atoms with Crippen molar-refractivity contribution in [3.05, 3.63) is 59.4 Å². The number of methoxy groups -OCH3 is 1. The number of pyridine rings is 1. The molecule has 0 saturated heterocycles. The second kappa shape index (κ2) is 14.1. The summed E-state index contributed by atoms with van der Waals surface area (Å²) in [4.78, 5) is 31.4. The minimum absolute atomic E-state index is 0.0928. The van der Waals surface area contributed by atoms with E-state index in [4.69, 9.17) is 30.9 Å². The summed E-state index contributed by atoms with van der Waals surface area (Å²) in [5.74, 6) is 1.70. The summed E-state index contributed by atoms with van der Waals surface area (Å²) in [6, 6.07) is 11.6. The second-order valence-corrected chi connectivity index (χ2v) is 12.1. The van der Waals surface area contributed by atoms with E-state index in [-0.39, 0.29) is 22.5 Å². The van der Waals surface area contributed by atoms with Crippen molar-refractivity contribution in [2.45, 2.75) is 46.2 Å². The quantitative estimate of drug-likeness (QED) is 0.152. The van der Waals surface area contributed by atoms with Gasteiger partial charge in [0.1, 0.15) is 35.8 Å². The van der Waals surface area contributed by atoms with E-state index in [1.165, 1.54) is 6.92 Å². The fourth-order valence-corrected chi connectivity index (χ4v) is 4.51. The first-order chi connectivity index (χ1) is 21.3. The number of rotatable bonds is 11. The van der Waals surface area contributed by atoms with Crippen LogP contribution in [0.2, 0.25) is 5.02 Å². The van der Waals surface area contributed by atoms with E-state index in [0.717, 1.165) is 5.69 Å². The minimum atomic E-state index is -0.465. The van der Waals surface area contributed by atoms with Crippen LogP contribution in [0.5, 0.6) is 17.2 Å². The molecular formula is C32H40ClN7O5. The summed E-state index contributed by atoms with van der Waals surface area (Å²) in [7, 11) is 5.48. The van der Waals surface area contributed by atoms with Crippen LogP contribution in [0, 0.1) is 0 Å². The van der Waals surface area contributed by atoms with Gasteiger partial charge in [0.25, 0.3) is 0 Å². The van der Waals surface area contributed by atoms with E-state index in [1.807, 2.05) is 32.0 Å². The number of hydrogen-bond acceptors (Lipinski definition) is 8. The van der Waals surface area contributed by atoms with Crippen LogP contribution in [0.4, 0.5) is 22.0 Å². The van der Waals surface area contributed by atoms with Crippen molar-refractivity contribution in [3.8, 4) is 17.2 Å². The van der Waals surface area contributed by atoms with Crippen molar-refractivity contribution in [1.29, 1.82) is 0 Å². The van der Waals surface area contributed by atoms with E-state index in [2.05, 4.69) is 41.7 Å². The van der Waals surface area contributed by atoms with Crippen LogP contribution in [0.15, 0.2) is 48.7 Å². The van der Waals surface area contributed by atoms with Crippen LogP contribution < -0.4 is 25.4 Å². The molecule has 4 rings (SSSR count). The number of amides is 3. The van der Waals surface area contributed by atoms with Gasteiger partial charge in [-0.25, -0.2) is 9.48 Å². The van der Waals surface area contributed by atoms with Gasteiger partial charge in [0.15, 0.2) is 0 Å². The molecule has 0 saturated carbocycles. The molecule has 240 valence electrons. The molecule has 0 aliphatic rings. The summed E-state index contributed by atoms with van der Waals surface area (Å²) in [6.45, 7) is 10.3. The highest BCUT2D eigenvalue weighted by Crippen LogP contribution is 2.37. The molecular weight excluding hydrogens is 598 g/mol. The molecule has 2 aromatic carbocycles. The summed E-state index contributed by atoms with van der Waals surface area (Å²) >= 11 is 6.58. The molecule has 1 atom stereocenters. The van der Waals surface area contributed by atoms with Gasteiger partial charge in [-0.15, -0.1) is 0 Å². The second-order valence-electron chi connectivity index (χ2n) is 11.7. The Labute approximate surface area is 268 Å². The Kier molecular flexibility index (Phi) is 10.5. The van der Waals surface area contributed by atoms with E-state index >= 15 is 0 Å². The third-order valence-corrected chi connectivity index (χ3v) is 7.23. The maximum Gasteiger partial charge on any atom is 0.324 e. The molecule has 0 aliphatic heterocycles. The molecule has 0 radical (unpaired) electrons. The van der Waals surface area contributed by atoms with Crippen LogP contribution in [0.25, 0.3) is 10.9 Å². The SMILES string of the molecule is COCCOc1cc2nccc(Oc3ccc(NC(=O)Nc4cc(C(C)(C)C)nn4C(C)N(C)C)c(Cl)c3)c2cc1NC(C)=O. The highest BCUT2D eigenvalue weighted by molar-refractivity contribution is 6.34. The summed E-state index contributed by atoms with van der Waals surface area (Å²) in [5, 5.41) is 14.2. The molecule has 3 N–H and O–H groups in total. The predicted molar refractivity (Wildman–Crippen MR) is 177 cm³/mol. The molecule has 12 nitrogen and oxygen atoms in total. The van der Waals surface area contributed by atoms with Crippen LogP contribution in [0.1, 0.15) is 46.5 Å². The largest absolute Gasteiger partial charge is 0.489 e. The lowest BCUT2D eigenvalue weighted by atomic mass is 9.92. The molecule has 0 spiro atoms. The lowest BCUT2D eigenvalue weighted by Gasteiger charge is -2.23. The van der Waals surface area contributed by atoms with Crippen molar-refractivity contribution in [1.82, 2.24) is 19.7 Å². The van der Waals surface area contributed by atoms with Crippen molar-refractivity contribution in [2.24, 2.45) is 0 Å². The summed E-state index contributed by atoms with van der Waals surface area (Å²) in [5.41, 5.74) is 2.13. The Morgan fingerprint density at radius 2 is 1.76 bits per heavy atom. The Morgan fingerprint density at radius 3 is 2.40 bits per heavy atom. The van der Waals surface area contributed by atoms with Gasteiger partial charge in [-0.1, -0.05) is 32.4 Å². The Bertz CT molecular complexity index is 1680. The standard InChI is InChI=1S/C32H40ClN7O5/c1-19(41)35-26-16-22-25(17-28(26)44-14-13-43-8)34-12-11-27(22)45-21-9-10-24(23(33)15-21)36-31(42)37-30-18-29(32(3,4)5)38-40(30)20(2)39(6)7/h9-12,15-18,20H,13-14H2,1-8H3,(H,35,41)(H2,36,37,42). The Hall–Kier alpha value is -4.39. The van der Waals surface area contributed by atoms with Crippen LogP contribution in [0.3, 0.4) is 0 Å². The molecule has 13 heteroatoms. The van der Waals surface area contributed by atoms with E-state index in [9.17, 15) is 9.59 Å². The maximum atomic E-state index is 13.1. The first-order valence-electron chi connectivity index (χ1n) is 14.4. The number of carbonyl (C=O) groups is 2. The molecule has 1 unspecified atom stereocenters. The number of aromatic nitrogens is 3. The lowest BCUT2D eigenvalue weighted by molar-refractivity contribution is -0.114. The number of benzene rings is 2. The fraction of sp³-hybridized carbons (Fsp3) is 0.375. The van der Waals surface area contributed by atoms with E-state index in [1.54, 1.807) is 54.4 Å². The predicted octanol–water partition coefficient (Wildman–Crippen LogP) is 6.88. The number of nitrogens with one attached hydrogen (secondary N) is 3. The zero-order chi connectivity index (χ0) is 32.9. The van der Waals surface area contributed by atoms with Gasteiger partial charge in [0.05, 0.1) is 34.2 Å².